The van der Waals surface area contributed by atoms with Gasteiger partial charge in [0, 0.05) is 13.0 Å². The summed E-state index contributed by atoms with van der Waals surface area (Å²) in [6, 6.07) is 7.71. The Hall–Kier alpha value is -1.86. The molecule has 0 fully saturated rings. The molecular weight excluding hydrogens is 292 g/mol. The summed E-state index contributed by atoms with van der Waals surface area (Å²) in [7, 11) is -3.64. The number of aryl methyl sites for hydroxylation is 2. The molecule has 1 aromatic heterocycles. The van der Waals surface area contributed by atoms with Gasteiger partial charge in [-0.3, -0.25) is 0 Å². The summed E-state index contributed by atoms with van der Waals surface area (Å²) in [5.74, 6) is 1.11. The Labute approximate surface area is 123 Å². The van der Waals surface area contributed by atoms with Gasteiger partial charge in [-0.1, -0.05) is 23.4 Å². The molecule has 0 amide bonds. The SMILES string of the molecule is Cc1noc(C)c1S(=O)(=O)NC[C@H]1Cc2ccccc2O1. The largest absolute Gasteiger partial charge is 0.488 e. The monoisotopic (exact) mass is 308 g/mol. The Balaban J connectivity index is 1.69. The van der Waals surface area contributed by atoms with Gasteiger partial charge in [-0.05, 0) is 25.5 Å². The maximum Gasteiger partial charge on any atom is 0.246 e. The van der Waals surface area contributed by atoms with Gasteiger partial charge >= 0.3 is 0 Å². The zero-order valence-corrected chi connectivity index (χ0v) is 12.6. The fourth-order valence-electron chi connectivity index (χ4n) is 2.50. The van der Waals surface area contributed by atoms with E-state index in [2.05, 4.69) is 9.88 Å². The number of aromatic nitrogens is 1. The minimum Gasteiger partial charge on any atom is -0.488 e. The molecule has 6 nitrogen and oxygen atoms in total. The van der Waals surface area contributed by atoms with Crippen molar-refractivity contribution >= 4 is 10.0 Å². The van der Waals surface area contributed by atoms with E-state index in [4.69, 9.17) is 9.26 Å². The van der Waals surface area contributed by atoms with Gasteiger partial charge in [-0.2, -0.15) is 0 Å². The van der Waals surface area contributed by atoms with E-state index in [-0.39, 0.29) is 23.3 Å². The van der Waals surface area contributed by atoms with E-state index in [1.54, 1.807) is 13.8 Å². The molecule has 1 aromatic carbocycles. The lowest BCUT2D eigenvalue weighted by Crippen LogP contribution is -2.34. The highest BCUT2D eigenvalue weighted by Crippen LogP contribution is 2.28. The Kier molecular flexibility index (Phi) is 3.46. The van der Waals surface area contributed by atoms with Crippen LogP contribution in [0, 0.1) is 13.8 Å². The quantitative estimate of drug-likeness (QED) is 0.927. The number of fused-ring (bicyclic) bond motifs is 1. The van der Waals surface area contributed by atoms with Crippen molar-refractivity contribution in [3.8, 4) is 5.75 Å². The number of hydrogen-bond acceptors (Lipinski definition) is 5. The fourth-order valence-corrected chi connectivity index (χ4v) is 3.89. The molecule has 21 heavy (non-hydrogen) atoms. The second-order valence-corrected chi connectivity index (χ2v) is 6.76. The molecule has 0 unspecified atom stereocenters. The topological polar surface area (TPSA) is 81.4 Å². The van der Waals surface area contributed by atoms with Crippen molar-refractivity contribution in [2.24, 2.45) is 0 Å². The highest BCUT2D eigenvalue weighted by atomic mass is 32.2. The molecule has 7 heteroatoms. The molecule has 1 aliphatic rings. The van der Waals surface area contributed by atoms with Crippen LogP contribution in [-0.4, -0.2) is 26.2 Å². The lowest BCUT2D eigenvalue weighted by Gasteiger charge is -2.12. The summed E-state index contributed by atoms with van der Waals surface area (Å²) in [5.41, 5.74) is 1.45. The Morgan fingerprint density at radius 2 is 2.10 bits per heavy atom. The normalized spacial score (nSPS) is 17.5. The van der Waals surface area contributed by atoms with Gasteiger partial charge in [0.2, 0.25) is 10.0 Å². The van der Waals surface area contributed by atoms with Crippen LogP contribution in [0.4, 0.5) is 0 Å². The standard InChI is InChI=1S/C14H16N2O4S/c1-9-14(10(2)20-16-9)21(17,18)15-8-12-7-11-5-3-4-6-13(11)19-12/h3-6,12,15H,7-8H2,1-2H3/t12-/m1/s1. The number of nitrogens with zero attached hydrogens (tertiary/aromatic N) is 1. The zero-order chi connectivity index (χ0) is 15.0. The van der Waals surface area contributed by atoms with Crippen molar-refractivity contribution < 1.29 is 17.7 Å². The summed E-state index contributed by atoms with van der Waals surface area (Å²) in [6.07, 6.45) is 0.498. The van der Waals surface area contributed by atoms with Gasteiger partial charge in [-0.15, -0.1) is 0 Å². The average molecular weight is 308 g/mol. The van der Waals surface area contributed by atoms with Gasteiger partial charge in [0.15, 0.2) is 5.76 Å². The molecule has 1 atom stereocenters. The van der Waals surface area contributed by atoms with E-state index in [1.165, 1.54) is 0 Å². The van der Waals surface area contributed by atoms with Gasteiger partial charge < -0.3 is 9.26 Å². The first kappa shape index (κ1) is 14.1. The van der Waals surface area contributed by atoms with Crippen LogP contribution in [0.5, 0.6) is 5.75 Å². The molecule has 2 heterocycles. The molecule has 0 saturated heterocycles. The van der Waals surface area contributed by atoms with Gasteiger partial charge in [0.25, 0.3) is 0 Å². The highest BCUT2D eigenvalue weighted by Gasteiger charge is 2.28. The summed E-state index contributed by atoms with van der Waals surface area (Å²) in [5, 5.41) is 3.67. The van der Waals surface area contributed by atoms with Crippen LogP contribution < -0.4 is 9.46 Å². The Morgan fingerprint density at radius 3 is 2.76 bits per heavy atom. The molecule has 2 aromatic rings. The average Bonchev–Trinajstić information content (AvgIpc) is 3.00. The minimum absolute atomic E-state index is 0.109. The Bertz CT molecular complexity index is 723. The van der Waals surface area contributed by atoms with Crippen LogP contribution in [0.2, 0.25) is 0 Å². The van der Waals surface area contributed by atoms with Crippen LogP contribution in [0.25, 0.3) is 0 Å². The summed E-state index contributed by atoms with van der Waals surface area (Å²) in [6.45, 7) is 3.39. The predicted octanol–water partition coefficient (Wildman–Crippen LogP) is 1.57. The van der Waals surface area contributed by atoms with Crippen LogP contribution in [0.3, 0.4) is 0 Å². The second-order valence-electron chi connectivity index (χ2n) is 5.06. The number of ether oxygens (including phenoxy) is 1. The third-order valence-corrected chi connectivity index (χ3v) is 5.12. The van der Waals surface area contributed by atoms with Crippen molar-refractivity contribution in [3.05, 3.63) is 41.3 Å². The lowest BCUT2D eigenvalue weighted by atomic mass is 10.1. The molecule has 0 spiro atoms. The molecule has 3 rings (SSSR count). The minimum atomic E-state index is -3.64. The van der Waals surface area contributed by atoms with Gasteiger partial charge in [0.1, 0.15) is 22.4 Å². The van der Waals surface area contributed by atoms with Crippen LogP contribution in [-0.2, 0) is 16.4 Å². The molecule has 0 aliphatic carbocycles. The van der Waals surface area contributed by atoms with Crippen molar-refractivity contribution in [2.45, 2.75) is 31.3 Å². The maximum atomic E-state index is 12.3. The molecule has 1 N–H and O–H groups in total. The van der Waals surface area contributed by atoms with E-state index in [1.807, 2.05) is 24.3 Å². The first-order chi connectivity index (χ1) is 9.97. The number of benzene rings is 1. The first-order valence-electron chi connectivity index (χ1n) is 6.64. The molecule has 112 valence electrons. The third kappa shape index (κ3) is 2.66. The molecular formula is C14H16N2O4S. The van der Waals surface area contributed by atoms with Crippen LogP contribution >= 0.6 is 0 Å². The van der Waals surface area contributed by atoms with Crippen LogP contribution in [0.15, 0.2) is 33.7 Å². The van der Waals surface area contributed by atoms with E-state index in [0.29, 0.717) is 12.1 Å². The Morgan fingerprint density at radius 1 is 1.33 bits per heavy atom. The number of hydrogen-bond donors (Lipinski definition) is 1. The number of nitrogens with one attached hydrogen (secondary N) is 1. The van der Waals surface area contributed by atoms with Crippen molar-refractivity contribution in [1.29, 1.82) is 0 Å². The number of rotatable bonds is 4. The summed E-state index contributed by atoms with van der Waals surface area (Å²) in [4.78, 5) is 0.109. The molecule has 0 radical (unpaired) electrons. The van der Waals surface area contributed by atoms with Crippen LogP contribution in [0.1, 0.15) is 17.0 Å². The first-order valence-corrected chi connectivity index (χ1v) is 8.13. The molecule has 0 bridgehead atoms. The van der Waals surface area contributed by atoms with E-state index >= 15 is 0 Å². The van der Waals surface area contributed by atoms with Gasteiger partial charge in [-0.25, -0.2) is 13.1 Å². The molecule has 0 saturated carbocycles. The van der Waals surface area contributed by atoms with Crippen molar-refractivity contribution in [3.63, 3.8) is 0 Å². The van der Waals surface area contributed by atoms with Gasteiger partial charge in [0.05, 0.1) is 0 Å². The summed E-state index contributed by atoms with van der Waals surface area (Å²) >= 11 is 0. The fraction of sp³-hybridized carbons (Fsp3) is 0.357. The maximum absolute atomic E-state index is 12.3. The lowest BCUT2D eigenvalue weighted by molar-refractivity contribution is 0.236. The number of sulfonamides is 1. The van der Waals surface area contributed by atoms with E-state index in [0.717, 1.165) is 11.3 Å². The smallest absolute Gasteiger partial charge is 0.246 e. The zero-order valence-electron chi connectivity index (χ0n) is 11.8. The summed E-state index contributed by atoms with van der Waals surface area (Å²) < 4.78 is 37.8. The van der Waals surface area contributed by atoms with Crippen molar-refractivity contribution in [2.75, 3.05) is 6.54 Å². The highest BCUT2D eigenvalue weighted by molar-refractivity contribution is 7.89. The number of para-hydroxylation sites is 1. The van der Waals surface area contributed by atoms with E-state index < -0.39 is 10.0 Å². The predicted molar refractivity (Wildman–Crippen MR) is 75.7 cm³/mol. The molecule has 1 aliphatic heterocycles. The third-order valence-electron chi connectivity index (χ3n) is 3.45. The van der Waals surface area contributed by atoms with Crippen molar-refractivity contribution in [1.82, 2.24) is 9.88 Å². The second kappa shape index (κ2) is 5.16. The van der Waals surface area contributed by atoms with E-state index in [9.17, 15) is 8.42 Å².